The Hall–Kier alpha value is -3.53. The first-order valence-corrected chi connectivity index (χ1v) is 12.0. The fourth-order valence-electron chi connectivity index (χ4n) is 4.28. The number of ether oxygens (including phenoxy) is 2. The van der Waals surface area contributed by atoms with Crippen LogP contribution in [0.15, 0.2) is 36.4 Å². The lowest BCUT2D eigenvalue weighted by Crippen LogP contribution is -2.48. The molecule has 0 saturated carbocycles. The second-order valence-electron chi connectivity index (χ2n) is 8.72. The van der Waals surface area contributed by atoms with Gasteiger partial charge in [0.15, 0.2) is 30.6 Å². The Balaban J connectivity index is 1.36. The number of carbonyl (C=O) groups is 3. The lowest BCUT2D eigenvalue weighted by molar-refractivity contribution is -0.133. The lowest BCUT2D eigenvalue weighted by Gasteiger charge is -2.34. The van der Waals surface area contributed by atoms with Crippen molar-refractivity contribution in [3.63, 3.8) is 0 Å². The fraction of sp³-hybridized carbons (Fsp3) is 0.423. The summed E-state index contributed by atoms with van der Waals surface area (Å²) in [6, 6.07) is 7.74. The van der Waals surface area contributed by atoms with Gasteiger partial charge in [0.25, 0.3) is 5.91 Å². The van der Waals surface area contributed by atoms with Gasteiger partial charge >= 0.3 is 0 Å². The summed E-state index contributed by atoms with van der Waals surface area (Å²) < 4.78 is 37.3. The minimum Gasteiger partial charge on any atom is -0.485 e. The Morgan fingerprint density at radius 3 is 2.53 bits per heavy atom. The minimum absolute atomic E-state index is 0.0288. The molecular weight excluding hydrogens is 472 g/mol. The molecular formula is C26H29F2N3O5. The molecule has 0 atom stereocenters. The normalized spacial score (nSPS) is 15.9. The van der Waals surface area contributed by atoms with Crippen molar-refractivity contribution in [3.8, 4) is 11.5 Å². The number of nitrogens with zero attached hydrogens (tertiary/aromatic N) is 3. The summed E-state index contributed by atoms with van der Waals surface area (Å²) in [5.74, 6) is -2.16. The monoisotopic (exact) mass is 501 g/mol. The molecule has 0 spiro atoms. The van der Waals surface area contributed by atoms with Gasteiger partial charge in [-0.05, 0) is 43.3 Å². The van der Waals surface area contributed by atoms with Crippen LogP contribution in [0.25, 0.3) is 0 Å². The van der Waals surface area contributed by atoms with E-state index in [1.165, 1.54) is 11.0 Å². The smallest absolute Gasteiger partial charge is 0.265 e. The number of carbonyl (C=O) groups excluding carboxylic acids is 3. The fourth-order valence-corrected chi connectivity index (χ4v) is 4.28. The number of hydrogen-bond acceptors (Lipinski definition) is 6. The van der Waals surface area contributed by atoms with Crippen molar-refractivity contribution in [1.82, 2.24) is 9.80 Å². The van der Waals surface area contributed by atoms with E-state index in [2.05, 4.69) is 11.8 Å². The van der Waals surface area contributed by atoms with Crippen LogP contribution in [-0.2, 0) is 9.59 Å². The predicted molar refractivity (Wildman–Crippen MR) is 128 cm³/mol. The summed E-state index contributed by atoms with van der Waals surface area (Å²) in [4.78, 5) is 43.6. The Morgan fingerprint density at radius 1 is 1.03 bits per heavy atom. The molecule has 2 aromatic rings. The van der Waals surface area contributed by atoms with Crippen molar-refractivity contribution < 1.29 is 32.6 Å². The highest BCUT2D eigenvalue weighted by Gasteiger charge is 2.27. The average molecular weight is 502 g/mol. The molecule has 4 rings (SSSR count). The van der Waals surface area contributed by atoms with Crippen LogP contribution in [0.5, 0.6) is 11.5 Å². The van der Waals surface area contributed by atoms with Gasteiger partial charge in [0.1, 0.15) is 11.5 Å². The van der Waals surface area contributed by atoms with Crippen LogP contribution in [0.4, 0.5) is 14.5 Å². The van der Waals surface area contributed by atoms with E-state index in [4.69, 9.17) is 9.47 Å². The maximum atomic E-state index is 13.4. The predicted octanol–water partition coefficient (Wildman–Crippen LogP) is 2.90. The molecule has 0 aliphatic carbocycles. The lowest BCUT2D eigenvalue weighted by atomic mass is 10.1. The molecule has 36 heavy (non-hydrogen) atoms. The number of Topliss-reactive ketones (excluding diaryl/α,β-unsaturated/α-hetero) is 1. The molecule has 2 amide bonds. The highest BCUT2D eigenvalue weighted by Crippen LogP contribution is 2.33. The van der Waals surface area contributed by atoms with Crippen LogP contribution in [0, 0.1) is 11.6 Å². The maximum absolute atomic E-state index is 13.4. The van der Waals surface area contributed by atoms with Gasteiger partial charge in [-0.25, -0.2) is 8.78 Å². The largest absolute Gasteiger partial charge is 0.485 e. The molecule has 192 valence electrons. The second kappa shape index (κ2) is 11.5. The number of piperazine rings is 1. The highest BCUT2D eigenvalue weighted by molar-refractivity contribution is 6.02. The van der Waals surface area contributed by atoms with Crippen LogP contribution < -0.4 is 14.4 Å². The van der Waals surface area contributed by atoms with Crippen LogP contribution in [0.3, 0.4) is 0 Å². The molecule has 0 unspecified atom stereocenters. The van der Waals surface area contributed by atoms with E-state index in [9.17, 15) is 23.2 Å². The van der Waals surface area contributed by atoms with Gasteiger partial charge in [-0.2, -0.15) is 0 Å². The molecule has 0 N–H and O–H groups in total. The summed E-state index contributed by atoms with van der Waals surface area (Å²) in [5.41, 5.74) is 0.735. The third-order valence-electron chi connectivity index (χ3n) is 6.43. The van der Waals surface area contributed by atoms with Crippen molar-refractivity contribution in [3.05, 3.63) is 53.6 Å². The summed E-state index contributed by atoms with van der Waals surface area (Å²) in [6.07, 6.45) is 0.808. The van der Waals surface area contributed by atoms with E-state index in [1.807, 2.05) is 4.90 Å². The molecule has 0 radical (unpaired) electrons. The average Bonchev–Trinajstić information content (AvgIpc) is 2.90. The van der Waals surface area contributed by atoms with Gasteiger partial charge < -0.3 is 24.2 Å². The number of fused-ring (bicyclic) bond motifs is 1. The summed E-state index contributed by atoms with van der Waals surface area (Å²) in [7, 11) is 0. The zero-order valence-electron chi connectivity index (χ0n) is 20.2. The summed E-state index contributed by atoms with van der Waals surface area (Å²) >= 11 is 0. The van der Waals surface area contributed by atoms with Gasteiger partial charge in [-0.1, -0.05) is 6.92 Å². The van der Waals surface area contributed by atoms with Gasteiger partial charge in [0.05, 0.1) is 5.69 Å². The Labute approximate surface area is 208 Å². The third kappa shape index (κ3) is 5.99. The van der Waals surface area contributed by atoms with Gasteiger partial charge in [0.2, 0.25) is 5.91 Å². The molecule has 1 fully saturated rings. The topological polar surface area (TPSA) is 79.4 Å². The first-order valence-electron chi connectivity index (χ1n) is 12.0. The second-order valence-corrected chi connectivity index (χ2v) is 8.72. The van der Waals surface area contributed by atoms with Crippen LogP contribution in [0.2, 0.25) is 0 Å². The molecule has 1 saturated heterocycles. The number of benzene rings is 2. The Bertz CT molecular complexity index is 1130. The van der Waals surface area contributed by atoms with E-state index < -0.39 is 24.0 Å². The van der Waals surface area contributed by atoms with Crippen LogP contribution in [-0.4, -0.2) is 79.9 Å². The SMILES string of the molecule is CCN1CCN(C(=O)CCCN2C(=O)COc3ccc(C(=O)COc4ccc(F)c(F)c4)cc32)CC1. The third-order valence-corrected chi connectivity index (χ3v) is 6.43. The number of anilines is 1. The molecule has 0 aromatic heterocycles. The first-order chi connectivity index (χ1) is 17.4. The molecule has 8 nitrogen and oxygen atoms in total. The minimum atomic E-state index is -1.07. The van der Waals surface area contributed by atoms with E-state index in [0.29, 0.717) is 43.9 Å². The Kier molecular flexibility index (Phi) is 8.14. The Morgan fingerprint density at radius 2 is 1.81 bits per heavy atom. The number of amides is 2. The molecule has 2 heterocycles. The quantitative estimate of drug-likeness (QED) is 0.492. The first kappa shape index (κ1) is 25.6. The number of hydrogen-bond donors (Lipinski definition) is 0. The van der Waals surface area contributed by atoms with Gasteiger partial charge in [-0.3, -0.25) is 14.4 Å². The van der Waals surface area contributed by atoms with Crippen LogP contribution in [0.1, 0.15) is 30.1 Å². The summed E-state index contributed by atoms with van der Waals surface area (Å²) in [5, 5.41) is 0. The van der Waals surface area contributed by atoms with Crippen molar-refractivity contribution >= 4 is 23.3 Å². The zero-order valence-corrected chi connectivity index (χ0v) is 20.2. The van der Waals surface area contributed by atoms with Crippen molar-refractivity contribution in [1.29, 1.82) is 0 Å². The van der Waals surface area contributed by atoms with Gasteiger partial charge in [-0.15, -0.1) is 0 Å². The number of rotatable bonds is 9. The van der Waals surface area contributed by atoms with E-state index in [0.717, 1.165) is 31.8 Å². The van der Waals surface area contributed by atoms with Gasteiger partial charge in [0, 0.05) is 50.8 Å². The maximum Gasteiger partial charge on any atom is 0.265 e. The van der Waals surface area contributed by atoms with E-state index in [-0.39, 0.29) is 29.7 Å². The molecule has 0 bridgehead atoms. The van der Waals surface area contributed by atoms with Crippen molar-refractivity contribution in [2.75, 3.05) is 57.4 Å². The zero-order chi connectivity index (χ0) is 25.7. The van der Waals surface area contributed by atoms with E-state index in [1.54, 1.807) is 18.2 Å². The number of halogens is 2. The molecule has 2 aliphatic rings. The number of ketones is 1. The van der Waals surface area contributed by atoms with Crippen LogP contribution >= 0.6 is 0 Å². The number of likely N-dealkylation sites (N-methyl/N-ethyl adjacent to an activating group) is 1. The van der Waals surface area contributed by atoms with Crippen molar-refractivity contribution in [2.24, 2.45) is 0 Å². The van der Waals surface area contributed by atoms with E-state index >= 15 is 0 Å². The van der Waals surface area contributed by atoms with Crippen molar-refractivity contribution in [2.45, 2.75) is 19.8 Å². The molecule has 2 aliphatic heterocycles. The molecule has 10 heteroatoms. The molecule has 2 aromatic carbocycles. The standard InChI is InChI=1S/C26H29F2N3O5/c1-2-29-10-12-30(13-11-29)25(33)4-3-9-31-22-14-18(5-8-24(22)36-17-26(31)34)23(32)16-35-19-6-7-20(27)21(28)15-19/h5-8,14-15H,2-4,9-13,16-17H2,1H3. The highest BCUT2D eigenvalue weighted by atomic mass is 19.2. The summed E-state index contributed by atoms with van der Waals surface area (Å²) in [6.45, 7) is 6.05.